The molecule has 1 aromatic heterocycles. The van der Waals surface area contributed by atoms with Gasteiger partial charge in [-0.3, -0.25) is 14.7 Å². The van der Waals surface area contributed by atoms with E-state index >= 15 is 0 Å². The van der Waals surface area contributed by atoms with Crippen LogP contribution in [-0.4, -0.2) is 28.3 Å². The summed E-state index contributed by atoms with van der Waals surface area (Å²) in [6, 6.07) is 6.44. The number of Topliss-reactive ketones (excluding diaryl/α,β-unsaturated/α-hetero) is 1. The average Bonchev–Trinajstić information content (AvgIpc) is 2.44. The first-order valence-corrected chi connectivity index (χ1v) is 6.81. The smallest absolute Gasteiger partial charge is 0.134 e. The number of hydrogen-bond acceptors (Lipinski definition) is 4. The van der Waals surface area contributed by atoms with Gasteiger partial charge in [-0.15, -0.1) is 0 Å². The van der Waals surface area contributed by atoms with E-state index < -0.39 is 0 Å². The highest BCUT2D eigenvalue weighted by Gasteiger charge is 2.25. The Labute approximate surface area is 114 Å². The predicted molar refractivity (Wildman–Crippen MR) is 72.1 cm³/mol. The molecule has 0 spiro atoms. The summed E-state index contributed by atoms with van der Waals surface area (Å²) >= 11 is 0. The molecule has 0 aromatic carbocycles. The molecule has 1 atom stereocenters. The van der Waals surface area contributed by atoms with Crippen molar-refractivity contribution < 1.29 is 4.79 Å². The number of pyridine rings is 1. The number of ketones is 1. The first kappa shape index (κ1) is 13.7. The molecule has 0 aliphatic heterocycles. The van der Waals surface area contributed by atoms with Crippen LogP contribution in [0.5, 0.6) is 0 Å². The van der Waals surface area contributed by atoms with E-state index in [-0.39, 0.29) is 6.04 Å². The van der Waals surface area contributed by atoms with Crippen LogP contribution in [0, 0.1) is 11.3 Å². The predicted octanol–water partition coefficient (Wildman–Crippen LogP) is 2.31. The van der Waals surface area contributed by atoms with E-state index in [2.05, 4.69) is 16.0 Å². The lowest BCUT2D eigenvalue weighted by Crippen LogP contribution is -2.39. The standard InChI is InChI=1S/C15H19N3O/c16-7-3-9-18(12-13-4-2-8-17-11-13)14-5-1-6-15(19)10-14/h2,4,8,11,14H,1,3,5-6,9-10,12H2. The highest BCUT2D eigenvalue weighted by molar-refractivity contribution is 5.79. The fourth-order valence-corrected chi connectivity index (χ4v) is 2.62. The normalized spacial score (nSPS) is 19.4. The third-order valence-corrected chi connectivity index (χ3v) is 3.59. The second-order valence-electron chi connectivity index (χ2n) is 5.03. The van der Waals surface area contributed by atoms with Crippen LogP contribution < -0.4 is 0 Å². The van der Waals surface area contributed by atoms with Crippen LogP contribution in [0.15, 0.2) is 24.5 Å². The van der Waals surface area contributed by atoms with E-state index in [0.717, 1.165) is 37.9 Å². The molecule has 2 rings (SSSR count). The minimum absolute atomic E-state index is 0.287. The molecule has 1 saturated carbocycles. The van der Waals surface area contributed by atoms with Crippen LogP contribution in [0.1, 0.15) is 37.7 Å². The van der Waals surface area contributed by atoms with E-state index in [1.54, 1.807) is 6.20 Å². The van der Waals surface area contributed by atoms with Crippen molar-refractivity contribution in [3.63, 3.8) is 0 Å². The molecule has 1 aliphatic rings. The molecule has 100 valence electrons. The summed E-state index contributed by atoms with van der Waals surface area (Å²) in [6.07, 6.45) is 7.49. The molecule has 1 unspecified atom stereocenters. The Morgan fingerprint density at radius 3 is 3.11 bits per heavy atom. The summed E-state index contributed by atoms with van der Waals surface area (Å²) < 4.78 is 0. The van der Waals surface area contributed by atoms with Gasteiger partial charge in [0.2, 0.25) is 0 Å². The zero-order chi connectivity index (χ0) is 13.5. The van der Waals surface area contributed by atoms with Gasteiger partial charge in [-0.25, -0.2) is 0 Å². The van der Waals surface area contributed by atoms with E-state index in [1.165, 1.54) is 0 Å². The van der Waals surface area contributed by atoms with Crippen molar-refractivity contribution in [1.29, 1.82) is 5.26 Å². The second kappa shape index (κ2) is 7.01. The first-order valence-electron chi connectivity index (χ1n) is 6.81. The molecule has 4 nitrogen and oxygen atoms in total. The number of carbonyl (C=O) groups is 1. The van der Waals surface area contributed by atoms with Crippen molar-refractivity contribution >= 4 is 5.78 Å². The highest BCUT2D eigenvalue weighted by Crippen LogP contribution is 2.22. The topological polar surface area (TPSA) is 57.0 Å². The molecule has 0 N–H and O–H groups in total. The zero-order valence-electron chi connectivity index (χ0n) is 11.1. The maximum atomic E-state index is 11.6. The minimum Gasteiger partial charge on any atom is -0.300 e. The van der Waals surface area contributed by atoms with Gasteiger partial charge >= 0.3 is 0 Å². The van der Waals surface area contributed by atoms with E-state index in [9.17, 15) is 4.79 Å². The molecule has 0 radical (unpaired) electrons. The van der Waals surface area contributed by atoms with Crippen molar-refractivity contribution in [1.82, 2.24) is 9.88 Å². The van der Waals surface area contributed by atoms with Crippen LogP contribution in [0.4, 0.5) is 0 Å². The summed E-state index contributed by atoms with van der Waals surface area (Å²) in [4.78, 5) is 18.0. The molecular formula is C15H19N3O. The summed E-state index contributed by atoms with van der Waals surface area (Å²) in [6.45, 7) is 1.50. The van der Waals surface area contributed by atoms with Gasteiger partial charge in [-0.1, -0.05) is 6.07 Å². The van der Waals surface area contributed by atoms with Crippen molar-refractivity contribution in [3.8, 4) is 6.07 Å². The van der Waals surface area contributed by atoms with Crippen molar-refractivity contribution in [3.05, 3.63) is 30.1 Å². The van der Waals surface area contributed by atoms with Crippen LogP contribution in [-0.2, 0) is 11.3 Å². The molecule has 1 heterocycles. The van der Waals surface area contributed by atoms with Gasteiger partial charge in [-0.2, -0.15) is 5.26 Å². The Morgan fingerprint density at radius 1 is 1.53 bits per heavy atom. The molecular weight excluding hydrogens is 238 g/mol. The minimum atomic E-state index is 0.287. The largest absolute Gasteiger partial charge is 0.300 e. The molecule has 1 aromatic rings. The number of carbonyl (C=O) groups excluding carboxylic acids is 1. The molecule has 0 amide bonds. The quantitative estimate of drug-likeness (QED) is 0.812. The molecule has 4 heteroatoms. The monoisotopic (exact) mass is 257 g/mol. The zero-order valence-corrected chi connectivity index (χ0v) is 11.1. The van der Waals surface area contributed by atoms with E-state index in [0.29, 0.717) is 18.6 Å². The molecule has 1 fully saturated rings. The van der Waals surface area contributed by atoms with Crippen LogP contribution in [0.3, 0.4) is 0 Å². The fraction of sp³-hybridized carbons (Fsp3) is 0.533. The third kappa shape index (κ3) is 4.15. The molecule has 0 bridgehead atoms. The lowest BCUT2D eigenvalue weighted by atomic mass is 9.92. The van der Waals surface area contributed by atoms with Gasteiger partial charge in [-0.05, 0) is 24.5 Å². The number of nitrogens with zero attached hydrogens (tertiary/aromatic N) is 3. The number of nitriles is 1. The number of aromatic nitrogens is 1. The first-order chi connectivity index (χ1) is 9.29. The fourth-order valence-electron chi connectivity index (χ4n) is 2.62. The van der Waals surface area contributed by atoms with Crippen LogP contribution in [0.2, 0.25) is 0 Å². The lowest BCUT2D eigenvalue weighted by Gasteiger charge is -2.33. The maximum absolute atomic E-state index is 11.6. The Hall–Kier alpha value is -1.73. The van der Waals surface area contributed by atoms with Crippen molar-refractivity contribution in [2.45, 2.75) is 44.7 Å². The van der Waals surface area contributed by atoms with Gasteiger partial charge in [0.1, 0.15) is 5.78 Å². The third-order valence-electron chi connectivity index (χ3n) is 3.59. The second-order valence-corrected chi connectivity index (χ2v) is 5.03. The van der Waals surface area contributed by atoms with E-state index in [1.807, 2.05) is 18.3 Å². The Kier molecular flexibility index (Phi) is 5.05. The van der Waals surface area contributed by atoms with Gasteiger partial charge in [0.05, 0.1) is 6.07 Å². The van der Waals surface area contributed by atoms with Crippen LogP contribution in [0.25, 0.3) is 0 Å². The maximum Gasteiger partial charge on any atom is 0.134 e. The molecule has 19 heavy (non-hydrogen) atoms. The van der Waals surface area contributed by atoms with Gasteiger partial charge < -0.3 is 0 Å². The van der Waals surface area contributed by atoms with Gasteiger partial charge in [0.25, 0.3) is 0 Å². The average molecular weight is 257 g/mol. The summed E-state index contributed by atoms with van der Waals surface area (Å²) in [5.74, 6) is 0.351. The van der Waals surface area contributed by atoms with Crippen molar-refractivity contribution in [2.75, 3.05) is 6.54 Å². The molecule has 0 saturated heterocycles. The molecule has 1 aliphatic carbocycles. The number of hydrogen-bond donors (Lipinski definition) is 0. The summed E-state index contributed by atoms with van der Waals surface area (Å²) in [5.41, 5.74) is 1.14. The summed E-state index contributed by atoms with van der Waals surface area (Å²) in [7, 11) is 0. The van der Waals surface area contributed by atoms with Gasteiger partial charge in [0.15, 0.2) is 0 Å². The Balaban J connectivity index is 2.02. The van der Waals surface area contributed by atoms with Gasteiger partial charge in [0, 0.05) is 50.8 Å². The van der Waals surface area contributed by atoms with Crippen molar-refractivity contribution in [2.24, 2.45) is 0 Å². The highest BCUT2D eigenvalue weighted by atomic mass is 16.1. The number of rotatable bonds is 5. The lowest BCUT2D eigenvalue weighted by molar-refractivity contribution is -0.122. The van der Waals surface area contributed by atoms with E-state index in [4.69, 9.17) is 5.26 Å². The van der Waals surface area contributed by atoms with Crippen LogP contribution >= 0.6 is 0 Å². The SMILES string of the molecule is N#CCCN(Cc1cccnc1)C1CCCC(=O)C1. The Bertz CT molecular complexity index is 452. The Morgan fingerprint density at radius 2 is 2.42 bits per heavy atom. The summed E-state index contributed by atoms with van der Waals surface area (Å²) in [5, 5.41) is 8.78.